The second-order valence-electron chi connectivity index (χ2n) is 5.32. The van der Waals surface area contributed by atoms with E-state index in [1.807, 2.05) is 0 Å². The fourth-order valence-corrected chi connectivity index (χ4v) is 4.71. The topological polar surface area (TPSA) is 132 Å². The van der Waals surface area contributed by atoms with Gasteiger partial charge in [0, 0.05) is 12.1 Å². The van der Waals surface area contributed by atoms with Crippen molar-refractivity contribution in [2.24, 2.45) is 10.9 Å². The molecule has 118 valence electrons. The number of nitrogens with one attached hydrogen (secondary N) is 1. The van der Waals surface area contributed by atoms with Crippen LogP contribution in [0, 0.1) is 0 Å². The Morgan fingerprint density at radius 3 is 2.19 bits per heavy atom. The molecule has 5 N–H and O–H groups in total. The molecule has 0 bridgehead atoms. The van der Waals surface area contributed by atoms with Gasteiger partial charge in [-0.1, -0.05) is 18.9 Å². The minimum atomic E-state index is -3.95. The maximum Gasteiger partial charge on any atom is 0.241 e. The molecule has 1 aromatic rings. The van der Waals surface area contributed by atoms with Gasteiger partial charge in [0.2, 0.25) is 20.0 Å². The van der Waals surface area contributed by atoms with E-state index in [1.165, 1.54) is 18.2 Å². The minimum Gasteiger partial charge on any atom is -0.329 e. The Hall–Kier alpha value is -1.00. The van der Waals surface area contributed by atoms with Crippen LogP contribution in [0.4, 0.5) is 0 Å². The molecule has 0 aliphatic heterocycles. The molecule has 1 saturated carbocycles. The van der Waals surface area contributed by atoms with Crippen molar-refractivity contribution in [3.8, 4) is 0 Å². The number of hydrogen-bond acceptors (Lipinski definition) is 5. The molecule has 0 saturated heterocycles. The normalized spacial score (nSPS) is 18.8. The van der Waals surface area contributed by atoms with Gasteiger partial charge >= 0.3 is 0 Å². The largest absolute Gasteiger partial charge is 0.329 e. The summed E-state index contributed by atoms with van der Waals surface area (Å²) in [5, 5.41) is 5.02. The molecule has 7 nitrogen and oxygen atoms in total. The zero-order valence-corrected chi connectivity index (χ0v) is 13.1. The molecule has 21 heavy (non-hydrogen) atoms. The lowest BCUT2D eigenvalue weighted by Crippen LogP contribution is -2.51. The lowest BCUT2D eigenvalue weighted by molar-refractivity contribution is 0.399. The van der Waals surface area contributed by atoms with Crippen LogP contribution < -0.4 is 15.6 Å². The summed E-state index contributed by atoms with van der Waals surface area (Å²) in [7, 11) is -7.80. The SMILES string of the molecule is NCC1(NS(=O)(=O)c2cccc(S(N)(=O)=O)c2)CCCC1. The standard InChI is InChI=1S/C12H19N3O4S2/c13-9-12(6-1-2-7-12)15-21(18,19)11-5-3-4-10(8-11)20(14,16)17/h3-5,8,15H,1-2,6-7,9,13H2,(H2,14,16,17). The van der Waals surface area contributed by atoms with Crippen molar-refractivity contribution in [3.05, 3.63) is 24.3 Å². The molecular weight excluding hydrogens is 314 g/mol. The fourth-order valence-electron chi connectivity index (χ4n) is 2.56. The Balaban J connectivity index is 2.36. The van der Waals surface area contributed by atoms with E-state index in [1.54, 1.807) is 0 Å². The first kappa shape index (κ1) is 16.4. The molecule has 1 aromatic carbocycles. The third-order valence-corrected chi connectivity index (χ3v) is 6.23. The first-order valence-corrected chi connectivity index (χ1v) is 9.58. The van der Waals surface area contributed by atoms with Crippen molar-refractivity contribution in [2.75, 3.05) is 6.54 Å². The van der Waals surface area contributed by atoms with Crippen LogP contribution in [0.3, 0.4) is 0 Å². The summed E-state index contributed by atoms with van der Waals surface area (Å²) < 4.78 is 50.1. The molecule has 0 atom stereocenters. The van der Waals surface area contributed by atoms with Gasteiger partial charge in [-0.3, -0.25) is 0 Å². The summed E-state index contributed by atoms with van der Waals surface area (Å²) in [5.74, 6) is 0. The summed E-state index contributed by atoms with van der Waals surface area (Å²) in [6.45, 7) is 0.209. The molecule has 2 rings (SSSR count). The summed E-state index contributed by atoms with van der Waals surface area (Å²) in [6.07, 6.45) is 3.18. The Bertz CT molecular complexity index is 723. The van der Waals surface area contributed by atoms with Gasteiger partial charge in [-0.25, -0.2) is 26.7 Å². The van der Waals surface area contributed by atoms with Gasteiger partial charge in [0.1, 0.15) is 0 Å². The van der Waals surface area contributed by atoms with Crippen molar-refractivity contribution in [3.63, 3.8) is 0 Å². The lowest BCUT2D eigenvalue weighted by atomic mass is 10.0. The molecule has 1 fully saturated rings. The second kappa shape index (κ2) is 5.65. The van der Waals surface area contributed by atoms with Crippen molar-refractivity contribution in [1.29, 1.82) is 0 Å². The predicted octanol–water partition coefficient (Wildman–Crippen LogP) is -0.116. The first-order valence-electron chi connectivity index (χ1n) is 6.56. The van der Waals surface area contributed by atoms with E-state index in [9.17, 15) is 16.8 Å². The average Bonchev–Trinajstić information content (AvgIpc) is 2.86. The Kier molecular flexibility index (Phi) is 4.41. The highest BCUT2D eigenvalue weighted by molar-refractivity contribution is 7.90. The second-order valence-corrected chi connectivity index (χ2v) is 8.56. The minimum absolute atomic E-state index is 0.131. The van der Waals surface area contributed by atoms with Gasteiger partial charge in [0.15, 0.2) is 0 Å². The van der Waals surface area contributed by atoms with Gasteiger partial charge in [-0.2, -0.15) is 0 Å². The van der Waals surface area contributed by atoms with Crippen molar-refractivity contribution in [1.82, 2.24) is 4.72 Å². The Labute approximate surface area is 124 Å². The van der Waals surface area contributed by atoms with E-state index in [2.05, 4.69) is 4.72 Å². The van der Waals surface area contributed by atoms with Crippen molar-refractivity contribution >= 4 is 20.0 Å². The van der Waals surface area contributed by atoms with Gasteiger partial charge < -0.3 is 5.73 Å². The number of hydrogen-bond donors (Lipinski definition) is 3. The third-order valence-electron chi connectivity index (χ3n) is 3.75. The maximum atomic E-state index is 12.4. The zero-order chi connectivity index (χ0) is 15.7. The quantitative estimate of drug-likeness (QED) is 0.691. The van der Waals surface area contributed by atoms with Gasteiger partial charge in [-0.15, -0.1) is 0 Å². The number of sulfonamides is 2. The summed E-state index contributed by atoms with van der Waals surface area (Å²) in [4.78, 5) is -0.368. The monoisotopic (exact) mass is 333 g/mol. The third kappa shape index (κ3) is 3.61. The van der Waals surface area contributed by atoms with E-state index in [-0.39, 0.29) is 16.3 Å². The van der Waals surface area contributed by atoms with E-state index < -0.39 is 25.6 Å². The number of primary sulfonamides is 1. The highest BCUT2D eigenvalue weighted by Crippen LogP contribution is 2.30. The zero-order valence-electron chi connectivity index (χ0n) is 11.4. The molecule has 0 aromatic heterocycles. The molecular formula is C12H19N3O4S2. The molecule has 0 spiro atoms. The van der Waals surface area contributed by atoms with Gasteiger partial charge in [0.05, 0.1) is 9.79 Å². The maximum absolute atomic E-state index is 12.4. The Morgan fingerprint density at radius 1 is 1.10 bits per heavy atom. The first-order chi connectivity index (χ1) is 9.69. The molecule has 9 heteroatoms. The van der Waals surface area contributed by atoms with Crippen LogP contribution in [0.2, 0.25) is 0 Å². The number of benzene rings is 1. The van der Waals surface area contributed by atoms with Crippen molar-refractivity contribution in [2.45, 2.75) is 41.0 Å². The molecule has 0 radical (unpaired) electrons. The smallest absolute Gasteiger partial charge is 0.241 e. The van der Waals surface area contributed by atoms with Crippen LogP contribution in [0.5, 0.6) is 0 Å². The van der Waals surface area contributed by atoms with Crippen LogP contribution in [0.25, 0.3) is 0 Å². The molecule has 0 heterocycles. The van der Waals surface area contributed by atoms with Gasteiger partial charge in [-0.05, 0) is 31.0 Å². The van der Waals surface area contributed by atoms with Crippen LogP contribution in [-0.2, 0) is 20.0 Å². The highest BCUT2D eigenvalue weighted by Gasteiger charge is 2.36. The van der Waals surface area contributed by atoms with E-state index in [0.29, 0.717) is 12.8 Å². The van der Waals surface area contributed by atoms with E-state index in [0.717, 1.165) is 18.9 Å². The molecule has 0 amide bonds. The lowest BCUT2D eigenvalue weighted by Gasteiger charge is -2.28. The molecule has 1 aliphatic rings. The van der Waals surface area contributed by atoms with E-state index >= 15 is 0 Å². The summed E-state index contributed by atoms with van der Waals surface area (Å²) in [6, 6.07) is 4.98. The van der Waals surface area contributed by atoms with E-state index in [4.69, 9.17) is 10.9 Å². The number of nitrogens with two attached hydrogens (primary N) is 2. The predicted molar refractivity (Wildman–Crippen MR) is 78.4 cm³/mol. The number of rotatable bonds is 5. The van der Waals surface area contributed by atoms with Crippen LogP contribution in [0.15, 0.2) is 34.1 Å². The van der Waals surface area contributed by atoms with Crippen LogP contribution >= 0.6 is 0 Å². The van der Waals surface area contributed by atoms with Crippen LogP contribution in [0.1, 0.15) is 25.7 Å². The summed E-state index contributed by atoms with van der Waals surface area (Å²) >= 11 is 0. The van der Waals surface area contributed by atoms with Gasteiger partial charge in [0.25, 0.3) is 0 Å². The average molecular weight is 333 g/mol. The molecule has 0 unspecified atom stereocenters. The molecule has 1 aliphatic carbocycles. The van der Waals surface area contributed by atoms with Crippen molar-refractivity contribution < 1.29 is 16.8 Å². The highest BCUT2D eigenvalue weighted by atomic mass is 32.2. The Morgan fingerprint density at radius 2 is 1.67 bits per heavy atom. The fraction of sp³-hybridized carbons (Fsp3) is 0.500. The van der Waals surface area contributed by atoms with Crippen LogP contribution in [-0.4, -0.2) is 28.9 Å². The summed E-state index contributed by atoms with van der Waals surface area (Å²) in [5.41, 5.74) is 5.07.